The lowest BCUT2D eigenvalue weighted by Gasteiger charge is -2.11. The van der Waals surface area contributed by atoms with Crippen LogP contribution in [0.5, 0.6) is 0 Å². The maximum Gasteiger partial charge on any atom is 0.416 e. The maximum atomic E-state index is 12.7. The molecule has 0 unspecified atom stereocenters. The molecule has 0 fully saturated rings. The molecule has 1 aromatic carbocycles. The Morgan fingerprint density at radius 2 is 1.88 bits per heavy atom. The van der Waals surface area contributed by atoms with E-state index in [2.05, 4.69) is 10.1 Å². The largest absolute Gasteiger partial charge is 0.416 e. The molecule has 0 saturated heterocycles. The molecular formula is C11H9F3N2O. The van der Waals surface area contributed by atoms with Crippen molar-refractivity contribution in [3.8, 4) is 11.4 Å². The number of rotatable bonds is 1. The minimum atomic E-state index is -4.38. The van der Waals surface area contributed by atoms with E-state index in [9.17, 15) is 13.2 Å². The Kier molecular flexibility index (Phi) is 2.65. The molecule has 0 amide bonds. The van der Waals surface area contributed by atoms with Crippen LogP contribution in [0.25, 0.3) is 11.4 Å². The van der Waals surface area contributed by atoms with Gasteiger partial charge >= 0.3 is 6.18 Å². The fourth-order valence-electron chi connectivity index (χ4n) is 1.59. The molecule has 0 atom stereocenters. The van der Waals surface area contributed by atoms with Gasteiger partial charge in [0, 0.05) is 12.5 Å². The predicted octanol–water partition coefficient (Wildman–Crippen LogP) is 3.37. The zero-order valence-electron chi connectivity index (χ0n) is 9.17. The van der Waals surface area contributed by atoms with Gasteiger partial charge < -0.3 is 4.52 Å². The van der Waals surface area contributed by atoms with Gasteiger partial charge in [0.1, 0.15) is 0 Å². The van der Waals surface area contributed by atoms with Crippen LogP contribution in [0.2, 0.25) is 0 Å². The lowest BCUT2D eigenvalue weighted by molar-refractivity contribution is -0.138. The lowest BCUT2D eigenvalue weighted by atomic mass is 10.0. The number of benzene rings is 1. The molecule has 0 aliphatic rings. The number of aryl methyl sites for hydroxylation is 1. The second kappa shape index (κ2) is 3.87. The molecule has 0 saturated carbocycles. The van der Waals surface area contributed by atoms with E-state index < -0.39 is 11.7 Å². The first-order valence-electron chi connectivity index (χ1n) is 4.87. The van der Waals surface area contributed by atoms with E-state index >= 15 is 0 Å². The van der Waals surface area contributed by atoms with Crippen molar-refractivity contribution in [2.45, 2.75) is 20.0 Å². The van der Waals surface area contributed by atoms with Crippen LogP contribution in [0.4, 0.5) is 13.2 Å². The van der Waals surface area contributed by atoms with Gasteiger partial charge in [-0.05, 0) is 18.6 Å². The molecule has 0 bridgehead atoms. The molecule has 0 spiro atoms. The minimum Gasteiger partial charge on any atom is -0.339 e. The summed E-state index contributed by atoms with van der Waals surface area (Å²) in [4.78, 5) is 3.92. The van der Waals surface area contributed by atoms with Gasteiger partial charge in [0.15, 0.2) is 0 Å². The molecule has 1 aromatic heterocycles. The highest BCUT2D eigenvalue weighted by molar-refractivity contribution is 5.61. The molecule has 2 rings (SSSR count). The first-order valence-corrected chi connectivity index (χ1v) is 4.87. The van der Waals surface area contributed by atoms with E-state index in [-0.39, 0.29) is 11.4 Å². The van der Waals surface area contributed by atoms with Crippen LogP contribution in [0.15, 0.2) is 22.7 Å². The molecule has 90 valence electrons. The highest BCUT2D eigenvalue weighted by Gasteiger charge is 2.33. The van der Waals surface area contributed by atoms with Crippen molar-refractivity contribution in [2.75, 3.05) is 0 Å². The van der Waals surface area contributed by atoms with Crippen molar-refractivity contribution >= 4 is 0 Å². The maximum absolute atomic E-state index is 12.7. The Balaban J connectivity index is 2.57. The number of hydrogen-bond donors (Lipinski definition) is 0. The van der Waals surface area contributed by atoms with Crippen molar-refractivity contribution in [1.29, 1.82) is 0 Å². The van der Waals surface area contributed by atoms with Crippen LogP contribution >= 0.6 is 0 Å². The molecule has 0 radical (unpaired) electrons. The quantitative estimate of drug-likeness (QED) is 0.769. The summed E-state index contributed by atoms with van der Waals surface area (Å²) in [7, 11) is 0. The lowest BCUT2D eigenvalue weighted by Crippen LogP contribution is -2.08. The number of aromatic nitrogens is 2. The molecule has 0 aliphatic heterocycles. The third kappa shape index (κ3) is 2.15. The summed E-state index contributed by atoms with van der Waals surface area (Å²) in [5.74, 6) is 0.489. The molecule has 0 N–H and O–H groups in total. The minimum absolute atomic E-state index is 0.0980. The second-order valence-corrected chi connectivity index (χ2v) is 3.61. The monoisotopic (exact) mass is 242 g/mol. The summed E-state index contributed by atoms with van der Waals surface area (Å²) < 4.78 is 42.8. The zero-order chi connectivity index (χ0) is 12.6. The van der Waals surface area contributed by atoms with Gasteiger partial charge in [-0.25, -0.2) is 0 Å². The van der Waals surface area contributed by atoms with E-state index in [0.717, 1.165) is 6.07 Å². The van der Waals surface area contributed by atoms with Gasteiger partial charge in [0.05, 0.1) is 5.56 Å². The summed E-state index contributed by atoms with van der Waals surface area (Å²) in [5, 5.41) is 3.62. The summed E-state index contributed by atoms with van der Waals surface area (Å²) in [6, 6.07) is 3.90. The van der Waals surface area contributed by atoms with Crippen LogP contribution in [0.3, 0.4) is 0 Å². The first kappa shape index (κ1) is 11.6. The van der Waals surface area contributed by atoms with Crippen LogP contribution in [0, 0.1) is 13.8 Å². The summed E-state index contributed by atoms with van der Waals surface area (Å²) in [6.45, 7) is 2.98. The van der Waals surface area contributed by atoms with Crippen molar-refractivity contribution in [1.82, 2.24) is 10.1 Å². The van der Waals surface area contributed by atoms with Crippen LogP contribution in [-0.4, -0.2) is 10.1 Å². The standard InChI is InChI=1S/C11H9F3N2O/c1-6-8(10-15-7(2)17-16-10)4-3-5-9(6)11(12,13)14/h3-5H,1-2H3. The zero-order valence-corrected chi connectivity index (χ0v) is 9.17. The van der Waals surface area contributed by atoms with Crippen LogP contribution in [0.1, 0.15) is 17.0 Å². The number of nitrogens with zero attached hydrogens (tertiary/aromatic N) is 2. The highest BCUT2D eigenvalue weighted by atomic mass is 19.4. The molecule has 0 aliphatic carbocycles. The molecule has 17 heavy (non-hydrogen) atoms. The van der Waals surface area contributed by atoms with Crippen LogP contribution < -0.4 is 0 Å². The molecule has 2 aromatic rings. The Bertz CT molecular complexity index is 546. The van der Waals surface area contributed by atoms with Gasteiger partial charge in [-0.15, -0.1) is 0 Å². The van der Waals surface area contributed by atoms with Crippen molar-refractivity contribution in [2.24, 2.45) is 0 Å². The number of halogens is 3. The number of alkyl halides is 3. The summed E-state index contributed by atoms with van der Waals surface area (Å²) >= 11 is 0. The predicted molar refractivity (Wildman–Crippen MR) is 54.2 cm³/mol. The SMILES string of the molecule is Cc1nc(-c2cccc(C(F)(F)F)c2C)no1. The van der Waals surface area contributed by atoms with Gasteiger partial charge in [-0.1, -0.05) is 17.3 Å². The molecular weight excluding hydrogens is 233 g/mol. The highest BCUT2D eigenvalue weighted by Crippen LogP contribution is 2.35. The summed E-state index contributed by atoms with van der Waals surface area (Å²) in [6.07, 6.45) is -4.38. The van der Waals surface area contributed by atoms with E-state index in [1.807, 2.05) is 0 Å². The molecule has 3 nitrogen and oxygen atoms in total. The molecule has 6 heteroatoms. The summed E-state index contributed by atoms with van der Waals surface area (Å²) in [5.41, 5.74) is -0.255. The third-order valence-electron chi connectivity index (χ3n) is 2.41. The smallest absolute Gasteiger partial charge is 0.339 e. The Morgan fingerprint density at radius 3 is 2.41 bits per heavy atom. The normalized spacial score (nSPS) is 11.8. The van der Waals surface area contributed by atoms with Crippen molar-refractivity contribution in [3.05, 3.63) is 35.2 Å². The van der Waals surface area contributed by atoms with E-state index in [0.29, 0.717) is 11.5 Å². The van der Waals surface area contributed by atoms with E-state index in [1.54, 1.807) is 6.92 Å². The van der Waals surface area contributed by atoms with Gasteiger partial charge in [0.2, 0.25) is 11.7 Å². The number of hydrogen-bond acceptors (Lipinski definition) is 3. The fourth-order valence-corrected chi connectivity index (χ4v) is 1.59. The first-order chi connectivity index (χ1) is 7.89. The average molecular weight is 242 g/mol. The third-order valence-corrected chi connectivity index (χ3v) is 2.41. The van der Waals surface area contributed by atoms with Gasteiger partial charge in [0.25, 0.3) is 0 Å². The Hall–Kier alpha value is -1.85. The average Bonchev–Trinajstić information content (AvgIpc) is 2.63. The van der Waals surface area contributed by atoms with Crippen LogP contribution in [-0.2, 0) is 6.18 Å². The van der Waals surface area contributed by atoms with Gasteiger partial charge in [-0.3, -0.25) is 0 Å². The Labute approximate surface area is 95.3 Å². The second-order valence-electron chi connectivity index (χ2n) is 3.61. The van der Waals surface area contributed by atoms with Crippen molar-refractivity contribution < 1.29 is 17.7 Å². The van der Waals surface area contributed by atoms with E-state index in [4.69, 9.17) is 4.52 Å². The van der Waals surface area contributed by atoms with E-state index in [1.165, 1.54) is 19.1 Å². The Morgan fingerprint density at radius 1 is 1.18 bits per heavy atom. The molecule has 1 heterocycles. The van der Waals surface area contributed by atoms with Crippen molar-refractivity contribution in [3.63, 3.8) is 0 Å². The van der Waals surface area contributed by atoms with Gasteiger partial charge in [-0.2, -0.15) is 18.2 Å². The topological polar surface area (TPSA) is 38.9 Å². The fraction of sp³-hybridized carbons (Fsp3) is 0.273.